The van der Waals surface area contributed by atoms with E-state index in [0.29, 0.717) is 30.3 Å². The number of carbonyl (C=O) groups excluding carboxylic acids is 1. The van der Waals surface area contributed by atoms with E-state index >= 15 is 0 Å². The van der Waals surface area contributed by atoms with Gasteiger partial charge in [0.15, 0.2) is 0 Å². The Morgan fingerprint density at radius 3 is 2.74 bits per heavy atom. The molecule has 158 valence electrons. The third kappa shape index (κ3) is 4.11. The molecular weight excluding hydrogens is 433 g/mol. The van der Waals surface area contributed by atoms with Gasteiger partial charge >= 0.3 is 0 Å². The minimum absolute atomic E-state index is 0. The summed E-state index contributed by atoms with van der Waals surface area (Å²) in [5.74, 6) is 0.814. The lowest BCUT2D eigenvalue weighted by atomic mass is 10.0. The monoisotopic (exact) mass is 453 g/mol. The summed E-state index contributed by atoms with van der Waals surface area (Å²) >= 11 is 6.05. The molecule has 0 atom stereocenters. The standard InChI is InChI=1S/C24H20ClN3O2.ClH/c1-15-10-19(25)4-5-20(15)24(29)28-8-9-30-23-7-3-16(11-18(23)13-28)17-2-6-21-22(12-17)27-14-26-21;/h2-7,10-12,14H,8-9,13H2,1H3,(H,26,27);1H. The maximum Gasteiger partial charge on any atom is 0.254 e. The minimum Gasteiger partial charge on any atom is -0.491 e. The molecule has 1 aliphatic rings. The Morgan fingerprint density at radius 1 is 1.10 bits per heavy atom. The summed E-state index contributed by atoms with van der Waals surface area (Å²) in [5.41, 5.74) is 6.63. The maximum absolute atomic E-state index is 13.2. The molecule has 5 nitrogen and oxygen atoms in total. The number of halogens is 2. The Morgan fingerprint density at radius 2 is 1.90 bits per heavy atom. The van der Waals surface area contributed by atoms with Crippen LogP contribution in [0.2, 0.25) is 5.02 Å². The first-order valence-electron chi connectivity index (χ1n) is 9.83. The Kier molecular flexibility index (Phi) is 5.90. The zero-order chi connectivity index (χ0) is 20.7. The molecule has 1 N–H and O–H groups in total. The highest BCUT2D eigenvalue weighted by atomic mass is 35.5. The second kappa shape index (κ2) is 8.61. The van der Waals surface area contributed by atoms with Crippen molar-refractivity contribution in [2.45, 2.75) is 13.5 Å². The van der Waals surface area contributed by atoms with Gasteiger partial charge in [0.1, 0.15) is 12.4 Å². The smallest absolute Gasteiger partial charge is 0.254 e. The fourth-order valence-corrected chi connectivity index (χ4v) is 4.13. The molecule has 1 aliphatic heterocycles. The van der Waals surface area contributed by atoms with Crippen molar-refractivity contribution in [2.24, 2.45) is 0 Å². The molecule has 0 saturated heterocycles. The molecule has 0 unspecified atom stereocenters. The molecule has 1 aromatic heterocycles. The summed E-state index contributed by atoms with van der Waals surface area (Å²) in [6.07, 6.45) is 1.70. The topological polar surface area (TPSA) is 58.2 Å². The van der Waals surface area contributed by atoms with Crippen LogP contribution in [0.4, 0.5) is 0 Å². The van der Waals surface area contributed by atoms with Crippen LogP contribution in [0.3, 0.4) is 0 Å². The number of carbonyl (C=O) groups is 1. The predicted octanol–water partition coefficient (Wildman–Crippen LogP) is 5.65. The zero-order valence-corrected chi connectivity index (χ0v) is 18.5. The van der Waals surface area contributed by atoms with Gasteiger partial charge in [0.2, 0.25) is 0 Å². The third-order valence-electron chi connectivity index (χ3n) is 5.50. The zero-order valence-electron chi connectivity index (χ0n) is 16.9. The second-order valence-corrected chi connectivity index (χ2v) is 7.93. The number of aromatic amines is 1. The fourth-order valence-electron chi connectivity index (χ4n) is 3.90. The van der Waals surface area contributed by atoms with Crippen LogP contribution < -0.4 is 4.74 Å². The van der Waals surface area contributed by atoms with E-state index in [1.54, 1.807) is 18.5 Å². The van der Waals surface area contributed by atoms with E-state index in [0.717, 1.165) is 39.0 Å². The van der Waals surface area contributed by atoms with Gasteiger partial charge in [-0.1, -0.05) is 23.7 Å². The molecule has 0 spiro atoms. The van der Waals surface area contributed by atoms with E-state index in [1.807, 2.05) is 30.0 Å². The number of aromatic nitrogens is 2. The highest BCUT2D eigenvalue weighted by Crippen LogP contribution is 2.31. The number of fused-ring (bicyclic) bond motifs is 2. The van der Waals surface area contributed by atoms with Crippen molar-refractivity contribution < 1.29 is 9.53 Å². The number of rotatable bonds is 2. The summed E-state index contributed by atoms with van der Waals surface area (Å²) < 4.78 is 5.93. The van der Waals surface area contributed by atoms with Crippen molar-refractivity contribution in [3.63, 3.8) is 0 Å². The second-order valence-electron chi connectivity index (χ2n) is 7.49. The van der Waals surface area contributed by atoms with Gasteiger partial charge in [0.05, 0.1) is 23.9 Å². The number of hydrogen-bond acceptors (Lipinski definition) is 3. The van der Waals surface area contributed by atoms with Crippen molar-refractivity contribution in [2.75, 3.05) is 13.2 Å². The Balaban J connectivity index is 0.00000231. The van der Waals surface area contributed by atoms with Gasteiger partial charge < -0.3 is 14.6 Å². The number of nitrogens with zero attached hydrogens (tertiary/aromatic N) is 2. The molecule has 0 bridgehead atoms. The molecule has 0 fully saturated rings. The fraction of sp³-hybridized carbons (Fsp3) is 0.167. The van der Waals surface area contributed by atoms with Gasteiger partial charge in [0.25, 0.3) is 5.91 Å². The summed E-state index contributed by atoms with van der Waals surface area (Å²) in [6, 6.07) is 17.7. The van der Waals surface area contributed by atoms with Crippen LogP contribution >= 0.6 is 24.0 Å². The number of amides is 1. The van der Waals surface area contributed by atoms with Gasteiger partial charge in [0, 0.05) is 22.7 Å². The lowest BCUT2D eigenvalue weighted by Crippen LogP contribution is -2.32. The molecule has 31 heavy (non-hydrogen) atoms. The van der Waals surface area contributed by atoms with E-state index < -0.39 is 0 Å². The largest absolute Gasteiger partial charge is 0.491 e. The molecule has 5 rings (SSSR count). The molecule has 2 heterocycles. The molecule has 0 saturated carbocycles. The van der Waals surface area contributed by atoms with E-state index in [-0.39, 0.29) is 18.3 Å². The highest BCUT2D eigenvalue weighted by Gasteiger charge is 2.22. The third-order valence-corrected chi connectivity index (χ3v) is 5.74. The van der Waals surface area contributed by atoms with Crippen LogP contribution in [0.5, 0.6) is 5.75 Å². The molecule has 0 aliphatic carbocycles. The van der Waals surface area contributed by atoms with Crippen molar-refractivity contribution in [3.05, 3.63) is 82.6 Å². The number of H-pyrrole nitrogens is 1. The molecule has 3 aromatic carbocycles. The van der Waals surface area contributed by atoms with Crippen molar-refractivity contribution in [1.29, 1.82) is 0 Å². The molecule has 4 aromatic rings. The van der Waals surface area contributed by atoms with Gasteiger partial charge in [-0.25, -0.2) is 4.98 Å². The molecule has 0 radical (unpaired) electrons. The van der Waals surface area contributed by atoms with E-state index in [1.165, 1.54) is 0 Å². The SMILES string of the molecule is Cc1cc(Cl)ccc1C(=O)N1CCOc2ccc(-c3ccc4nc[nH]c4c3)cc2C1.Cl. The first kappa shape index (κ1) is 21.2. The van der Waals surface area contributed by atoms with E-state index in [4.69, 9.17) is 16.3 Å². The summed E-state index contributed by atoms with van der Waals surface area (Å²) in [7, 11) is 0. The van der Waals surface area contributed by atoms with Crippen LogP contribution in [0, 0.1) is 6.92 Å². The normalized spacial score (nSPS) is 13.2. The van der Waals surface area contributed by atoms with Crippen molar-refractivity contribution in [3.8, 4) is 16.9 Å². The number of nitrogens with one attached hydrogen (secondary N) is 1. The summed E-state index contributed by atoms with van der Waals surface area (Å²) in [6.45, 7) is 3.40. The van der Waals surface area contributed by atoms with Gasteiger partial charge in [-0.05, 0) is 66.1 Å². The van der Waals surface area contributed by atoms with Gasteiger partial charge in [-0.15, -0.1) is 12.4 Å². The Hall–Kier alpha value is -3.02. The average Bonchev–Trinajstić information content (AvgIpc) is 3.10. The van der Waals surface area contributed by atoms with E-state index in [9.17, 15) is 4.79 Å². The number of imidazole rings is 1. The maximum atomic E-state index is 13.2. The lowest BCUT2D eigenvalue weighted by Gasteiger charge is -2.21. The van der Waals surface area contributed by atoms with Crippen LogP contribution in [0.15, 0.2) is 60.9 Å². The number of benzene rings is 3. The van der Waals surface area contributed by atoms with E-state index in [2.05, 4.69) is 34.2 Å². The van der Waals surface area contributed by atoms with Crippen LogP contribution in [-0.4, -0.2) is 33.9 Å². The lowest BCUT2D eigenvalue weighted by molar-refractivity contribution is 0.0732. The molecule has 7 heteroatoms. The number of aryl methyl sites for hydroxylation is 1. The van der Waals surface area contributed by atoms with Crippen molar-refractivity contribution in [1.82, 2.24) is 14.9 Å². The number of ether oxygens (including phenoxy) is 1. The summed E-state index contributed by atoms with van der Waals surface area (Å²) in [4.78, 5) is 22.5. The minimum atomic E-state index is -0.00935. The first-order chi connectivity index (χ1) is 14.6. The molecule has 1 amide bonds. The summed E-state index contributed by atoms with van der Waals surface area (Å²) in [5, 5.41) is 0.632. The Labute approximate surface area is 191 Å². The molecular formula is C24H21Cl2N3O2. The number of hydrogen-bond donors (Lipinski definition) is 1. The first-order valence-corrected chi connectivity index (χ1v) is 10.2. The highest BCUT2D eigenvalue weighted by molar-refractivity contribution is 6.30. The average molecular weight is 454 g/mol. The van der Waals surface area contributed by atoms with Crippen LogP contribution in [0.1, 0.15) is 21.5 Å². The van der Waals surface area contributed by atoms with Gasteiger partial charge in [-0.3, -0.25) is 4.79 Å². The van der Waals surface area contributed by atoms with Gasteiger partial charge in [-0.2, -0.15) is 0 Å². The van der Waals surface area contributed by atoms with Crippen molar-refractivity contribution >= 4 is 40.9 Å². The van der Waals surface area contributed by atoms with Crippen LogP contribution in [0.25, 0.3) is 22.2 Å². The predicted molar refractivity (Wildman–Crippen MR) is 125 cm³/mol. The Bertz CT molecular complexity index is 1270. The quantitative estimate of drug-likeness (QED) is 0.426. The van der Waals surface area contributed by atoms with Crippen LogP contribution in [-0.2, 0) is 6.54 Å².